The van der Waals surface area contributed by atoms with Crippen molar-refractivity contribution in [2.45, 2.75) is 60.4 Å². The van der Waals surface area contributed by atoms with Crippen molar-refractivity contribution < 1.29 is 15.0 Å². The van der Waals surface area contributed by atoms with Crippen LogP contribution in [0.4, 0.5) is 4.39 Å². The Balaban J connectivity index is 0.000000597. The number of furan rings is 1. The molecule has 0 spiro atoms. The molecule has 0 unspecified atom stereocenters. The summed E-state index contributed by atoms with van der Waals surface area (Å²) < 4.78 is 22.9. The molecule has 0 N–H and O–H groups in total. The molecule has 0 saturated carbocycles. The summed E-state index contributed by atoms with van der Waals surface area (Å²) in [6, 6.07) is 5.93. The van der Waals surface area contributed by atoms with Gasteiger partial charge in [-0.15, -0.1) is 0 Å². The van der Waals surface area contributed by atoms with Gasteiger partial charge in [-0.3, -0.25) is 9.59 Å². The Kier molecular flexibility index (Phi) is 8.44. The van der Waals surface area contributed by atoms with Gasteiger partial charge in [-0.25, -0.2) is 4.39 Å². The molecular formula is C30H36FNO3. The van der Waals surface area contributed by atoms with Crippen molar-refractivity contribution in [1.82, 2.24) is 4.57 Å². The van der Waals surface area contributed by atoms with E-state index < -0.39 is 17.0 Å². The summed E-state index contributed by atoms with van der Waals surface area (Å²) in [7, 11) is 0. The van der Waals surface area contributed by atoms with Gasteiger partial charge in [0, 0.05) is 30.7 Å². The number of rotatable bonds is 3. The van der Waals surface area contributed by atoms with E-state index >= 15 is 4.39 Å². The van der Waals surface area contributed by atoms with Gasteiger partial charge in [0.1, 0.15) is 11.3 Å². The molecule has 1 aliphatic heterocycles. The molecule has 0 fully saturated rings. The topological polar surface area (TPSA) is 52.2 Å². The Morgan fingerprint density at radius 2 is 1.94 bits per heavy atom. The van der Waals surface area contributed by atoms with Crippen LogP contribution in [0.3, 0.4) is 0 Å². The maximum atomic E-state index is 15.1. The molecular weight excluding hydrogens is 441 g/mol. The average Bonchev–Trinajstić information content (AvgIpc) is 3.25. The van der Waals surface area contributed by atoms with Crippen LogP contribution in [0.25, 0.3) is 28.0 Å². The highest BCUT2D eigenvalue weighted by atomic mass is 19.1. The lowest BCUT2D eigenvalue weighted by Gasteiger charge is -2.19. The van der Waals surface area contributed by atoms with Gasteiger partial charge in [-0.1, -0.05) is 77.6 Å². The number of aryl methyl sites for hydroxylation is 2. The van der Waals surface area contributed by atoms with Gasteiger partial charge in [0.15, 0.2) is 17.4 Å². The maximum absolute atomic E-state index is 15.1. The Morgan fingerprint density at radius 1 is 1.23 bits per heavy atom. The first-order valence-electron chi connectivity index (χ1n) is 12.3. The fraction of sp³-hybridized carbons (Fsp3) is 0.333. The second-order valence-corrected chi connectivity index (χ2v) is 9.01. The number of carbonyl (C=O) groups is 1. The summed E-state index contributed by atoms with van der Waals surface area (Å²) in [5.41, 5.74) is 2.60. The lowest BCUT2D eigenvalue weighted by Crippen LogP contribution is -2.25. The van der Waals surface area contributed by atoms with Crippen LogP contribution < -0.4 is 5.43 Å². The number of aromatic nitrogens is 1. The van der Waals surface area contributed by atoms with Crippen LogP contribution >= 0.6 is 0 Å². The average molecular weight is 478 g/mol. The molecule has 2 aromatic heterocycles. The Morgan fingerprint density at radius 3 is 2.57 bits per heavy atom. The minimum atomic E-state index is -0.962. The first-order chi connectivity index (χ1) is 16.8. The smallest absolute Gasteiger partial charge is 0.229 e. The summed E-state index contributed by atoms with van der Waals surface area (Å²) in [5, 5.41) is 0.932. The summed E-state index contributed by atoms with van der Waals surface area (Å²) in [5.74, 6) is -0.347. The molecule has 5 heteroatoms. The van der Waals surface area contributed by atoms with Crippen LogP contribution in [0.1, 0.15) is 70.4 Å². The first kappa shape index (κ1) is 26.1. The standard InChI is InChI=1S/C24H18FNO3.C4H10.C2H6.H2/c1-2-19(27)18-13-26-12-11-17-16-10-6-9-15(14-7-4-3-5-8-14)23(16)29-24(17)21(26)20(25)22(18)28;1-4(2)3;1-2;/h2,4,6-10,13H,1,3,5,11-12H2;4H,1-3H3;1-2H3;1H. The van der Waals surface area contributed by atoms with Crippen molar-refractivity contribution in [2.75, 3.05) is 0 Å². The van der Waals surface area contributed by atoms with Crippen molar-refractivity contribution in [3.8, 4) is 11.5 Å². The molecule has 3 heterocycles. The number of benzene rings is 1. The molecule has 4 nitrogen and oxygen atoms in total. The third-order valence-corrected chi connectivity index (χ3v) is 5.62. The summed E-state index contributed by atoms with van der Waals surface area (Å²) in [4.78, 5) is 24.4. The van der Waals surface area contributed by atoms with Crippen LogP contribution in [-0.2, 0) is 13.0 Å². The lowest BCUT2D eigenvalue weighted by molar-refractivity contribution is 0.104. The zero-order valence-corrected chi connectivity index (χ0v) is 21.3. The van der Waals surface area contributed by atoms with E-state index in [1.807, 2.05) is 32.0 Å². The molecule has 1 aliphatic carbocycles. The molecule has 0 atom stereocenters. The summed E-state index contributed by atoms with van der Waals surface area (Å²) in [6.07, 6.45) is 11.4. The highest BCUT2D eigenvalue weighted by Crippen LogP contribution is 2.41. The van der Waals surface area contributed by atoms with E-state index in [0.717, 1.165) is 46.9 Å². The number of pyridine rings is 1. The predicted molar refractivity (Wildman–Crippen MR) is 144 cm³/mol. The van der Waals surface area contributed by atoms with Crippen LogP contribution in [0, 0.1) is 11.7 Å². The fourth-order valence-corrected chi connectivity index (χ4v) is 4.21. The summed E-state index contributed by atoms with van der Waals surface area (Å²) >= 11 is 0. The molecule has 2 aliphatic rings. The van der Waals surface area contributed by atoms with Crippen LogP contribution in [-0.4, -0.2) is 10.4 Å². The number of ketones is 1. The molecule has 0 radical (unpaired) electrons. The van der Waals surface area contributed by atoms with Crippen molar-refractivity contribution in [3.63, 3.8) is 0 Å². The van der Waals surface area contributed by atoms with Crippen LogP contribution in [0.15, 0.2) is 64.5 Å². The van der Waals surface area contributed by atoms with Gasteiger partial charge in [0.2, 0.25) is 5.43 Å². The number of halogens is 1. The van der Waals surface area contributed by atoms with Crippen molar-refractivity contribution in [1.29, 1.82) is 0 Å². The van der Waals surface area contributed by atoms with Crippen LogP contribution in [0.2, 0.25) is 0 Å². The van der Waals surface area contributed by atoms with Gasteiger partial charge in [0.25, 0.3) is 0 Å². The number of carbonyl (C=O) groups excluding carboxylic acids is 1. The van der Waals surface area contributed by atoms with Gasteiger partial charge in [-0.05, 0) is 36.8 Å². The van der Waals surface area contributed by atoms with Gasteiger partial charge >= 0.3 is 0 Å². The minimum Gasteiger partial charge on any atom is -0.453 e. The SMILES string of the molecule is C=CC(=O)c1cn2c(c(F)c1=O)-c1oc3c(C4=CCCC=C4)cccc3c1CC2.CC.CC(C)C.[HH]. The van der Waals surface area contributed by atoms with Crippen LogP contribution in [0.5, 0.6) is 0 Å². The fourth-order valence-electron chi connectivity index (χ4n) is 4.21. The third-order valence-electron chi connectivity index (χ3n) is 5.62. The number of allylic oxidation sites excluding steroid dienone is 5. The molecule has 1 aromatic carbocycles. The normalized spacial score (nSPS) is 13.6. The highest BCUT2D eigenvalue weighted by Gasteiger charge is 2.29. The van der Waals surface area contributed by atoms with Gasteiger partial charge in [0.05, 0.1) is 5.56 Å². The maximum Gasteiger partial charge on any atom is 0.229 e. The minimum absolute atomic E-state index is 0. The summed E-state index contributed by atoms with van der Waals surface area (Å²) in [6.45, 7) is 14.3. The van der Waals surface area contributed by atoms with Crippen molar-refractivity contribution in [2.24, 2.45) is 5.92 Å². The van der Waals surface area contributed by atoms with Gasteiger partial charge < -0.3 is 8.98 Å². The predicted octanol–water partition coefficient (Wildman–Crippen LogP) is 7.99. The number of fused-ring (bicyclic) bond motifs is 5. The largest absolute Gasteiger partial charge is 0.453 e. The molecule has 186 valence electrons. The Labute approximate surface area is 208 Å². The van der Waals surface area contributed by atoms with E-state index in [4.69, 9.17) is 4.42 Å². The van der Waals surface area contributed by atoms with E-state index in [0.29, 0.717) is 24.3 Å². The zero-order valence-electron chi connectivity index (χ0n) is 21.3. The second-order valence-electron chi connectivity index (χ2n) is 9.01. The Hall–Kier alpha value is -3.47. The first-order valence-corrected chi connectivity index (χ1v) is 12.3. The quantitative estimate of drug-likeness (QED) is 0.284. The number of hydrogen-bond acceptors (Lipinski definition) is 3. The lowest BCUT2D eigenvalue weighted by atomic mass is 9.95. The number of nitrogens with zero attached hydrogens (tertiary/aromatic N) is 1. The van der Waals surface area contributed by atoms with E-state index in [9.17, 15) is 9.59 Å². The van der Waals surface area contributed by atoms with E-state index in [1.54, 1.807) is 4.57 Å². The van der Waals surface area contributed by atoms with Crippen molar-refractivity contribution in [3.05, 3.63) is 88.0 Å². The second kappa shape index (κ2) is 11.3. The molecule has 3 aromatic rings. The molecule has 35 heavy (non-hydrogen) atoms. The monoisotopic (exact) mass is 477 g/mol. The molecule has 5 rings (SSSR count). The van der Waals surface area contributed by atoms with E-state index in [2.05, 4.69) is 45.6 Å². The number of hydrogen-bond donors (Lipinski definition) is 0. The zero-order chi connectivity index (χ0) is 25.7. The highest BCUT2D eigenvalue weighted by molar-refractivity contribution is 6.04. The van der Waals surface area contributed by atoms with Gasteiger partial charge in [-0.2, -0.15) is 0 Å². The Bertz CT molecular complexity index is 1370. The molecule has 0 amide bonds. The third kappa shape index (κ3) is 5.14. The molecule has 0 bridgehead atoms. The molecule has 0 saturated heterocycles. The van der Waals surface area contributed by atoms with E-state index in [-0.39, 0.29) is 12.7 Å². The van der Waals surface area contributed by atoms with E-state index in [1.165, 1.54) is 6.20 Å². The van der Waals surface area contributed by atoms with Crippen molar-refractivity contribution >= 4 is 22.3 Å². The number of para-hydroxylation sites is 1.